The highest BCUT2D eigenvalue weighted by Crippen LogP contribution is 2.40. The number of aromatic nitrogens is 2. The molecule has 1 aliphatic carbocycles. The van der Waals surface area contributed by atoms with E-state index in [1.54, 1.807) is 6.92 Å². The zero-order valence-corrected chi connectivity index (χ0v) is 13.3. The van der Waals surface area contributed by atoms with Gasteiger partial charge in [-0.15, -0.1) is 0 Å². The van der Waals surface area contributed by atoms with Crippen LogP contribution in [0.3, 0.4) is 0 Å². The Bertz CT molecular complexity index is 762. The van der Waals surface area contributed by atoms with Gasteiger partial charge in [-0.1, -0.05) is 0 Å². The minimum Gasteiger partial charge on any atom is -0.442 e. The molecule has 0 bridgehead atoms. The lowest BCUT2D eigenvalue weighted by atomic mass is 10.1. The summed E-state index contributed by atoms with van der Waals surface area (Å²) in [6.45, 7) is 5.95. The summed E-state index contributed by atoms with van der Waals surface area (Å²) in [5, 5.41) is 7.05. The monoisotopic (exact) mass is 316 g/mol. The van der Waals surface area contributed by atoms with Gasteiger partial charge < -0.3 is 19.8 Å². The minimum absolute atomic E-state index is 0.0590. The fourth-order valence-electron chi connectivity index (χ4n) is 2.74. The van der Waals surface area contributed by atoms with E-state index in [0.29, 0.717) is 53.9 Å². The molecule has 2 N–H and O–H groups in total. The molecule has 7 heteroatoms. The van der Waals surface area contributed by atoms with Gasteiger partial charge in [0, 0.05) is 18.0 Å². The lowest BCUT2D eigenvalue weighted by Crippen LogP contribution is -2.39. The van der Waals surface area contributed by atoms with Crippen LogP contribution in [0, 0.1) is 12.8 Å². The van der Waals surface area contributed by atoms with Gasteiger partial charge in [-0.2, -0.15) is 0 Å². The van der Waals surface area contributed by atoms with Crippen LogP contribution >= 0.6 is 0 Å². The van der Waals surface area contributed by atoms with E-state index in [-0.39, 0.29) is 11.4 Å². The molecule has 0 unspecified atom stereocenters. The number of amides is 1. The first-order chi connectivity index (χ1) is 11.1. The molecule has 1 saturated heterocycles. The standard InChI is InChI=1S/C16H20N4O3/c1-9-11(14(21)17-5-10-6-22-7-10)12-13(20-16(2)3-4-16)18-8-19-15(12)23-9/h8,10H,3-7H2,1-2H3,(H,17,21)(H,18,19,20). The summed E-state index contributed by atoms with van der Waals surface area (Å²) < 4.78 is 10.8. The van der Waals surface area contributed by atoms with Crippen molar-refractivity contribution in [3.8, 4) is 0 Å². The predicted octanol–water partition coefficient (Wildman–Crippen LogP) is 1.87. The first-order valence-corrected chi connectivity index (χ1v) is 7.94. The van der Waals surface area contributed by atoms with Gasteiger partial charge in [0.15, 0.2) is 0 Å². The van der Waals surface area contributed by atoms with E-state index >= 15 is 0 Å². The molecule has 2 aromatic rings. The van der Waals surface area contributed by atoms with Crippen LogP contribution in [0.2, 0.25) is 0 Å². The van der Waals surface area contributed by atoms with Gasteiger partial charge in [-0.3, -0.25) is 4.79 Å². The lowest BCUT2D eigenvalue weighted by molar-refractivity contribution is -0.0298. The van der Waals surface area contributed by atoms with Crippen LogP contribution in [0.25, 0.3) is 11.1 Å². The molecule has 23 heavy (non-hydrogen) atoms. The first kappa shape index (κ1) is 14.4. The number of nitrogens with one attached hydrogen (secondary N) is 2. The van der Waals surface area contributed by atoms with E-state index < -0.39 is 0 Å². The fourth-order valence-corrected chi connectivity index (χ4v) is 2.74. The third-order valence-electron chi connectivity index (χ3n) is 4.57. The van der Waals surface area contributed by atoms with Crippen molar-refractivity contribution in [2.45, 2.75) is 32.2 Å². The highest BCUT2D eigenvalue weighted by Gasteiger charge is 2.38. The van der Waals surface area contributed by atoms with Crippen molar-refractivity contribution in [3.63, 3.8) is 0 Å². The lowest BCUT2D eigenvalue weighted by Gasteiger charge is -2.25. The molecule has 0 aromatic carbocycles. The summed E-state index contributed by atoms with van der Waals surface area (Å²) in [6, 6.07) is 0. The van der Waals surface area contributed by atoms with Gasteiger partial charge >= 0.3 is 0 Å². The zero-order valence-electron chi connectivity index (χ0n) is 13.3. The fraction of sp³-hybridized carbons (Fsp3) is 0.562. The van der Waals surface area contributed by atoms with E-state index in [9.17, 15) is 4.79 Å². The van der Waals surface area contributed by atoms with E-state index in [0.717, 1.165) is 12.8 Å². The number of carbonyl (C=O) groups is 1. The predicted molar refractivity (Wildman–Crippen MR) is 84.4 cm³/mol. The highest BCUT2D eigenvalue weighted by atomic mass is 16.5. The zero-order chi connectivity index (χ0) is 16.0. The Morgan fingerprint density at radius 3 is 2.83 bits per heavy atom. The van der Waals surface area contributed by atoms with Gasteiger partial charge in [0.2, 0.25) is 5.71 Å². The van der Waals surface area contributed by atoms with Crippen LogP contribution < -0.4 is 10.6 Å². The van der Waals surface area contributed by atoms with Gasteiger partial charge in [-0.05, 0) is 26.7 Å². The van der Waals surface area contributed by atoms with Gasteiger partial charge in [0.1, 0.15) is 17.9 Å². The van der Waals surface area contributed by atoms with Crippen LogP contribution in [0.4, 0.5) is 5.82 Å². The van der Waals surface area contributed by atoms with Gasteiger partial charge in [-0.25, -0.2) is 9.97 Å². The van der Waals surface area contributed by atoms with Crippen molar-refractivity contribution in [2.75, 3.05) is 25.1 Å². The molecule has 2 fully saturated rings. The van der Waals surface area contributed by atoms with E-state index in [1.165, 1.54) is 6.33 Å². The molecule has 1 amide bonds. The van der Waals surface area contributed by atoms with Crippen molar-refractivity contribution < 1.29 is 13.9 Å². The quantitative estimate of drug-likeness (QED) is 0.875. The third kappa shape index (κ3) is 2.65. The topological polar surface area (TPSA) is 89.3 Å². The summed E-state index contributed by atoms with van der Waals surface area (Å²) in [5.41, 5.74) is 1.03. The molecule has 1 aliphatic heterocycles. The van der Waals surface area contributed by atoms with Crippen molar-refractivity contribution >= 4 is 22.8 Å². The van der Waals surface area contributed by atoms with Crippen molar-refractivity contribution in [3.05, 3.63) is 17.7 Å². The number of furan rings is 1. The number of fused-ring (bicyclic) bond motifs is 1. The number of anilines is 1. The van der Waals surface area contributed by atoms with Crippen molar-refractivity contribution in [1.82, 2.24) is 15.3 Å². The Morgan fingerprint density at radius 1 is 1.39 bits per heavy atom. The number of carbonyl (C=O) groups excluding carboxylic acids is 1. The summed E-state index contributed by atoms with van der Waals surface area (Å²) in [7, 11) is 0. The van der Waals surface area contributed by atoms with Crippen LogP contribution in [0.5, 0.6) is 0 Å². The second-order valence-electron chi connectivity index (χ2n) is 6.73. The smallest absolute Gasteiger partial charge is 0.255 e. The maximum Gasteiger partial charge on any atom is 0.255 e. The van der Waals surface area contributed by atoms with Crippen molar-refractivity contribution in [1.29, 1.82) is 0 Å². The molecule has 2 aromatic heterocycles. The maximum absolute atomic E-state index is 12.6. The van der Waals surface area contributed by atoms with E-state index in [1.807, 2.05) is 0 Å². The maximum atomic E-state index is 12.6. The second-order valence-corrected chi connectivity index (χ2v) is 6.73. The number of nitrogens with zero attached hydrogens (tertiary/aromatic N) is 2. The number of hydrogen-bond donors (Lipinski definition) is 2. The summed E-state index contributed by atoms with van der Waals surface area (Å²) >= 11 is 0. The number of ether oxygens (including phenoxy) is 1. The average molecular weight is 316 g/mol. The van der Waals surface area contributed by atoms with Gasteiger partial charge in [0.05, 0.1) is 24.2 Å². The van der Waals surface area contributed by atoms with E-state index in [4.69, 9.17) is 9.15 Å². The second kappa shape index (κ2) is 5.19. The summed E-state index contributed by atoms with van der Waals surface area (Å²) in [4.78, 5) is 21.1. The van der Waals surface area contributed by atoms with Crippen molar-refractivity contribution in [2.24, 2.45) is 5.92 Å². The molecule has 122 valence electrons. The highest BCUT2D eigenvalue weighted by molar-refractivity contribution is 6.10. The molecule has 0 spiro atoms. The number of aryl methyl sites for hydroxylation is 1. The Hall–Kier alpha value is -2.15. The molecule has 1 saturated carbocycles. The number of hydrogen-bond acceptors (Lipinski definition) is 6. The summed E-state index contributed by atoms with van der Waals surface area (Å²) in [6.07, 6.45) is 3.66. The molecular formula is C16H20N4O3. The van der Waals surface area contributed by atoms with Crippen LogP contribution in [-0.2, 0) is 4.74 Å². The third-order valence-corrected chi connectivity index (χ3v) is 4.57. The Labute approximate surface area is 133 Å². The first-order valence-electron chi connectivity index (χ1n) is 7.94. The largest absolute Gasteiger partial charge is 0.442 e. The molecule has 3 heterocycles. The molecule has 7 nitrogen and oxygen atoms in total. The molecule has 2 aliphatic rings. The molecule has 0 radical (unpaired) electrons. The molecule has 0 atom stereocenters. The van der Waals surface area contributed by atoms with Gasteiger partial charge in [0.25, 0.3) is 5.91 Å². The van der Waals surface area contributed by atoms with E-state index in [2.05, 4.69) is 27.5 Å². The van der Waals surface area contributed by atoms with Crippen LogP contribution in [0.1, 0.15) is 35.9 Å². The molecular weight excluding hydrogens is 296 g/mol. The Balaban J connectivity index is 1.66. The number of rotatable bonds is 5. The average Bonchev–Trinajstić information content (AvgIpc) is 3.06. The van der Waals surface area contributed by atoms with Crippen LogP contribution in [-0.4, -0.2) is 41.2 Å². The summed E-state index contributed by atoms with van der Waals surface area (Å²) in [5.74, 6) is 1.49. The SMILES string of the molecule is Cc1oc2ncnc(NC3(C)CC3)c2c1C(=O)NCC1COC1. The Kier molecular flexibility index (Phi) is 3.26. The normalized spacial score (nSPS) is 19.4. The minimum atomic E-state index is -0.146. The molecule has 4 rings (SSSR count). The Morgan fingerprint density at radius 2 is 2.17 bits per heavy atom. The van der Waals surface area contributed by atoms with Crippen LogP contribution in [0.15, 0.2) is 10.7 Å².